The smallest absolute Gasteiger partial charge is 0.0991 e. The van der Waals surface area contributed by atoms with Crippen LogP contribution in [0.4, 0.5) is 0 Å². The van der Waals surface area contributed by atoms with E-state index in [4.69, 9.17) is 10.00 Å². The Bertz CT molecular complexity index is 931. The molecule has 3 aliphatic rings. The standard InChI is InChI=1S/C27H33N3O/c1-27-17-25(15-24(27)16-26(31-20-27)23-8-3-2-4-9-23)30-12-10-29(11-13-30)19-22-7-5-6-21(14-22)18-28/h2-9,14,24-26H,10-13,15-17,19-20H2,1H3/t24-,25-,26-,27+/m0/s1. The third-order valence-electron chi connectivity index (χ3n) is 7.91. The van der Waals surface area contributed by atoms with Gasteiger partial charge in [-0.15, -0.1) is 0 Å². The normalized spacial score (nSPS) is 31.8. The van der Waals surface area contributed by atoms with Gasteiger partial charge in [-0.05, 0) is 53.9 Å². The lowest BCUT2D eigenvalue weighted by Gasteiger charge is -2.40. The third-order valence-corrected chi connectivity index (χ3v) is 7.91. The van der Waals surface area contributed by atoms with E-state index in [1.807, 2.05) is 18.2 Å². The van der Waals surface area contributed by atoms with Crippen molar-refractivity contribution in [3.05, 3.63) is 71.3 Å². The SMILES string of the molecule is C[C@@]12CO[C@H](c3ccccc3)C[C@@H]1C[C@H](N1CCN(Cc3cccc(C#N)c3)CC1)C2. The molecule has 2 aromatic rings. The molecule has 2 aliphatic heterocycles. The largest absolute Gasteiger partial charge is 0.373 e. The Morgan fingerprint density at radius 3 is 2.61 bits per heavy atom. The van der Waals surface area contributed by atoms with Crippen molar-refractivity contribution in [3.63, 3.8) is 0 Å². The molecule has 0 aromatic heterocycles. The minimum Gasteiger partial charge on any atom is -0.373 e. The number of fused-ring (bicyclic) bond motifs is 1. The Morgan fingerprint density at radius 1 is 1.03 bits per heavy atom. The molecule has 0 amide bonds. The van der Waals surface area contributed by atoms with Crippen molar-refractivity contribution in [3.8, 4) is 6.07 Å². The molecule has 2 saturated heterocycles. The van der Waals surface area contributed by atoms with Crippen molar-refractivity contribution in [2.45, 2.75) is 44.9 Å². The van der Waals surface area contributed by atoms with Crippen molar-refractivity contribution in [1.29, 1.82) is 5.26 Å². The second-order valence-corrected chi connectivity index (χ2v) is 10.0. The zero-order valence-electron chi connectivity index (χ0n) is 18.5. The summed E-state index contributed by atoms with van der Waals surface area (Å²) in [4.78, 5) is 5.27. The van der Waals surface area contributed by atoms with Crippen LogP contribution in [-0.4, -0.2) is 48.6 Å². The molecule has 4 heteroatoms. The Hall–Kier alpha value is -2.19. The van der Waals surface area contributed by atoms with E-state index in [2.05, 4.69) is 59.2 Å². The van der Waals surface area contributed by atoms with Gasteiger partial charge in [-0.2, -0.15) is 5.26 Å². The molecule has 162 valence electrons. The summed E-state index contributed by atoms with van der Waals surface area (Å²) in [7, 11) is 0. The van der Waals surface area contributed by atoms with Crippen LogP contribution in [0.25, 0.3) is 0 Å². The van der Waals surface area contributed by atoms with Crippen LogP contribution < -0.4 is 0 Å². The van der Waals surface area contributed by atoms with Crippen LogP contribution in [0.2, 0.25) is 0 Å². The van der Waals surface area contributed by atoms with E-state index in [0.29, 0.717) is 11.5 Å². The van der Waals surface area contributed by atoms with Crippen LogP contribution >= 0.6 is 0 Å². The van der Waals surface area contributed by atoms with Gasteiger partial charge in [0, 0.05) is 38.8 Å². The first-order chi connectivity index (χ1) is 15.1. The number of hydrogen-bond donors (Lipinski definition) is 0. The van der Waals surface area contributed by atoms with Crippen LogP contribution in [0.3, 0.4) is 0 Å². The van der Waals surface area contributed by atoms with Crippen LogP contribution in [0.1, 0.15) is 49.0 Å². The molecule has 2 heterocycles. The first-order valence-electron chi connectivity index (χ1n) is 11.7. The fourth-order valence-electron chi connectivity index (χ4n) is 6.04. The average molecular weight is 416 g/mol. The maximum Gasteiger partial charge on any atom is 0.0991 e. The molecule has 3 fully saturated rings. The maximum absolute atomic E-state index is 9.13. The minimum atomic E-state index is 0.263. The van der Waals surface area contributed by atoms with Gasteiger partial charge in [0.1, 0.15) is 0 Å². The molecule has 4 atom stereocenters. The van der Waals surface area contributed by atoms with E-state index >= 15 is 0 Å². The van der Waals surface area contributed by atoms with Crippen molar-refractivity contribution >= 4 is 0 Å². The van der Waals surface area contributed by atoms with Crippen LogP contribution in [0.15, 0.2) is 54.6 Å². The lowest BCUT2D eigenvalue weighted by Crippen LogP contribution is -2.49. The molecule has 0 spiro atoms. The highest BCUT2D eigenvalue weighted by molar-refractivity contribution is 5.32. The van der Waals surface area contributed by atoms with Crippen molar-refractivity contribution in [2.24, 2.45) is 11.3 Å². The van der Waals surface area contributed by atoms with Gasteiger partial charge < -0.3 is 4.74 Å². The predicted molar refractivity (Wildman–Crippen MR) is 122 cm³/mol. The number of nitriles is 1. The van der Waals surface area contributed by atoms with Crippen LogP contribution in [0, 0.1) is 22.7 Å². The molecule has 0 N–H and O–H groups in total. The van der Waals surface area contributed by atoms with Crippen LogP contribution in [0.5, 0.6) is 0 Å². The predicted octanol–water partition coefficient (Wildman–Crippen LogP) is 4.62. The number of ether oxygens (including phenoxy) is 1. The molecular formula is C27H33N3O. The van der Waals surface area contributed by atoms with Gasteiger partial charge in [0.2, 0.25) is 0 Å². The number of piperazine rings is 1. The molecule has 31 heavy (non-hydrogen) atoms. The summed E-state index contributed by atoms with van der Waals surface area (Å²) in [6, 6.07) is 21.7. The summed E-state index contributed by atoms with van der Waals surface area (Å²) in [6.07, 6.45) is 4.00. The Morgan fingerprint density at radius 2 is 1.84 bits per heavy atom. The maximum atomic E-state index is 9.13. The van der Waals surface area contributed by atoms with Crippen molar-refractivity contribution in [1.82, 2.24) is 9.80 Å². The summed E-state index contributed by atoms with van der Waals surface area (Å²) in [5, 5.41) is 9.13. The van der Waals surface area contributed by atoms with Gasteiger partial charge in [0.25, 0.3) is 0 Å². The van der Waals surface area contributed by atoms with E-state index in [1.54, 1.807) is 0 Å². The van der Waals surface area contributed by atoms with E-state index in [9.17, 15) is 0 Å². The second kappa shape index (κ2) is 8.74. The number of benzene rings is 2. The minimum absolute atomic E-state index is 0.263. The summed E-state index contributed by atoms with van der Waals surface area (Å²) in [6.45, 7) is 8.81. The Labute approximate surface area is 186 Å². The number of hydrogen-bond acceptors (Lipinski definition) is 4. The Kier molecular flexibility index (Phi) is 5.84. The van der Waals surface area contributed by atoms with E-state index in [-0.39, 0.29) is 6.10 Å². The lowest BCUT2D eigenvalue weighted by atomic mass is 9.75. The van der Waals surface area contributed by atoms with Gasteiger partial charge in [0.05, 0.1) is 24.3 Å². The fraction of sp³-hybridized carbons (Fsp3) is 0.519. The topological polar surface area (TPSA) is 39.5 Å². The zero-order valence-corrected chi connectivity index (χ0v) is 18.5. The van der Waals surface area contributed by atoms with E-state index in [1.165, 1.54) is 24.0 Å². The number of nitrogens with zero attached hydrogens (tertiary/aromatic N) is 3. The summed E-state index contributed by atoms with van der Waals surface area (Å²) in [5.41, 5.74) is 3.66. The van der Waals surface area contributed by atoms with Gasteiger partial charge >= 0.3 is 0 Å². The first-order valence-corrected chi connectivity index (χ1v) is 11.7. The first kappa shape index (κ1) is 20.7. The summed E-state index contributed by atoms with van der Waals surface area (Å²) < 4.78 is 6.37. The van der Waals surface area contributed by atoms with Crippen molar-refractivity contribution < 1.29 is 4.74 Å². The molecule has 0 bridgehead atoms. The monoisotopic (exact) mass is 415 g/mol. The molecular weight excluding hydrogens is 382 g/mol. The van der Waals surface area contributed by atoms with E-state index < -0.39 is 0 Å². The van der Waals surface area contributed by atoms with Gasteiger partial charge in [0.15, 0.2) is 0 Å². The average Bonchev–Trinajstić information content (AvgIpc) is 3.17. The number of rotatable bonds is 4. The highest BCUT2D eigenvalue weighted by Crippen LogP contribution is 2.52. The summed E-state index contributed by atoms with van der Waals surface area (Å²) >= 11 is 0. The molecule has 0 unspecified atom stereocenters. The second-order valence-electron chi connectivity index (χ2n) is 10.0. The highest BCUT2D eigenvalue weighted by atomic mass is 16.5. The Balaban J connectivity index is 1.16. The van der Waals surface area contributed by atoms with Gasteiger partial charge in [-0.1, -0.05) is 49.4 Å². The molecule has 1 saturated carbocycles. The van der Waals surface area contributed by atoms with Crippen molar-refractivity contribution in [2.75, 3.05) is 32.8 Å². The van der Waals surface area contributed by atoms with Crippen LogP contribution in [-0.2, 0) is 11.3 Å². The molecule has 4 nitrogen and oxygen atoms in total. The zero-order chi connectivity index (χ0) is 21.3. The third kappa shape index (κ3) is 4.41. The lowest BCUT2D eigenvalue weighted by molar-refractivity contribution is -0.0819. The van der Waals surface area contributed by atoms with E-state index in [0.717, 1.165) is 57.2 Å². The summed E-state index contributed by atoms with van der Waals surface area (Å²) in [5.74, 6) is 0.753. The molecule has 5 rings (SSSR count). The fourth-order valence-corrected chi connectivity index (χ4v) is 6.04. The molecule has 1 aliphatic carbocycles. The highest BCUT2D eigenvalue weighted by Gasteiger charge is 2.49. The van der Waals surface area contributed by atoms with Gasteiger partial charge in [-0.3, -0.25) is 9.80 Å². The molecule has 2 aromatic carbocycles. The van der Waals surface area contributed by atoms with Gasteiger partial charge in [-0.25, -0.2) is 0 Å². The quantitative estimate of drug-likeness (QED) is 0.730. The molecule has 0 radical (unpaired) electrons.